The minimum Gasteiger partial charge on any atom is -0.483 e. The lowest BCUT2D eigenvalue weighted by Gasteiger charge is -2.14. The molecule has 8 heteroatoms. The van der Waals surface area contributed by atoms with Crippen LogP contribution in [0.5, 0.6) is 11.5 Å². The van der Waals surface area contributed by atoms with Gasteiger partial charge in [-0.2, -0.15) is 0 Å². The third-order valence-corrected chi connectivity index (χ3v) is 4.44. The molecule has 0 bridgehead atoms. The van der Waals surface area contributed by atoms with E-state index >= 15 is 0 Å². The topological polar surface area (TPSA) is 88.1 Å². The third kappa shape index (κ3) is 7.64. The first-order valence-corrected chi connectivity index (χ1v) is 9.96. The molecule has 0 aliphatic heterocycles. The fourth-order valence-electron chi connectivity index (χ4n) is 2.07. The Bertz CT molecular complexity index is 714. The van der Waals surface area contributed by atoms with Crippen molar-refractivity contribution in [3.8, 4) is 11.5 Å². The summed E-state index contributed by atoms with van der Waals surface area (Å²) in [5, 5.41) is 0. The molecule has 0 saturated heterocycles. The van der Waals surface area contributed by atoms with Crippen molar-refractivity contribution >= 4 is 19.8 Å². The van der Waals surface area contributed by atoms with E-state index in [1.54, 1.807) is 62.4 Å². The summed E-state index contributed by atoms with van der Waals surface area (Å²) < 4.78 is 32.5. The molecule has 0 saturated carbocycles. The van der Waals surface area contributed by atoms with Gasteiger partial charge in [0.05, 0.1) is 0 Å². The van der Waals surface area contributed by atoms with Crippen molar-refractivity contribution < 1.29 is 32.7 Å². The molecule has 2 aromatic carbocycles. The molecular formula is C20H23O7P. The molecule has 28 heavy (non-hydrogen) atoms. The first-order valence-electron chi connectivity index (χ1n) is 8.74. The zero-order chi connectivity index (χ0) is 20.4. The van der Waals surface area contributed by atoms with Crippen molar-refractivity contribution in [3.63, 3.8) is 0 Å². The summed E-state index contributed by atoms with van der Waals surface area (Å²) in [6.07, 6.45) is -1.53. The van der Waals surface area contributed by atoms with E-state index in [0.29, 0.717) is 11.5 Å². The summed E-state index contributed by atoms with van der Waals surface area (Å²) in [6.45, 7) is 2.28. The zero-order valence-corrected chi connectivity index (χ0v) is 16.7. The number of hydrogen-bond acceptors (Lipinski definition) is 7. The van der Waals surface area contributed by atoms with E-state index in [-0.39, 0.29) is 0 Å². The number of benzene rings is 2. The highest BCUT2D eigenvalue weighted by atomic mass is 31.1. The van der Waals surface area contributed by atoms with Crippen molar-refractivity contribution in [1.29, 1.82) is 0 Å². The van der Waals surface area contributed by atoms with Gasteiger partial charge in [0.15, 0.2) is 23.8 Å². The zero-order valence-electron chi connectivity index (χ0n) is 15.7. The van der Waals surface area contributed by atoms with Gasteiger partial charge >= 0.3 is 8.25 Å². The Morgan fingerprint density at radius 2 is 1.11 bits per heavy atom. The molecule has 0 heterocycles. The average molecular weight is 406 g/mol. The lowest BCUT2D eigenvalue weighted by Crippen LogP contribution is -2.28. The summed E-state index contributed by atoms with van der Waals surface area (Å²) in [4.78, 5) is 24.0. The summed E-state index contributed by atoms with van der Waals surface area (Å²) in [7, 11) is -2.99. The Balaban J connectivity index is 1.67. The predicted molar refractivity (Wildman–Crippen MR) is 104 cm³/mol. The van der Waals surface area contributed by atoms with Crippen LogP contribution in [0.25, 0.3) is 0 Å². The molecule has 0 fully saturated rings. The molecule has 0 aromatic heterocycles. The Morgan fingerprint density at radius 3 is 1.46 bits per heavy atom. The molecule has 0 aliphatic carbocycles. The fraction of sp³-hybridized carbons (Fsp3) is 0.300. The minimum absolute atomic E-state index is 0.391. The van der Waals surface area contributed by atoms with Gasteiger partial charge in [0.2, 0.25) is 0 Å². The maximum Gasteiger partial charge on any atom is 0.319 e. The first kappa shape index (κ1) is 21.8. The number of hydrogen-bond donors (Lipinski definition) is 0. The monoisotopic (exact) mass is 406 g/mol. The van der Waals surface area contributed by atoms with Crippen molar-refractivity contribution in [2.75, 3.05) is 13.2 Å². The van der Waals surface area contributed by atoms with Gasteiger partial charge in [0, 0.05) is 0 Å². The summed E-state index contributed by atoms with van der Waals surface area (Å²) >= 11 is 0. The second-order valence-electron chi connectivity index (χ2n) is 5.91. The fourth-order valence-corrected chi connectivity index (χ4v) is 2.68. The van der Waals surface area contributed by atoms with Crippen LogP contribution in [0.3, 0.4) is 0 Å². The Labute approximate surface area is 164 Å². The minimum atomic E-state index is -2.99. The maximum absolute atomic E-state index is 12.0. The van der Waals surface area contributed by atoms with Gasteiger partial charge in [-0.1, -0.05) is 36.4 Å². The predicted octanol–water partition coefficient (Wildman–Crippen LogP) is 3.48. The van der Waals surface area contributed by atoms with Crippen molar-refractivity contribution in [2.24, 2.45) is 0 Å². The summed E-state index contributed by atoms with van der Waals surface area (Å²) in [5.74, 6) is 0.311. The molecule has 0 radical (unpaired) electrons. The second kappa shape index (κ2) is 11.4. The van der Waals surface area contributed by atoms with E-state index in [9.17, 15) is 14.2 Å². The number of rotatable bonds is 12. The van der Waals surface area contributed by atoms with Gasteiger partial charge in [-0.15, -0.1) is 0 Å². The van der Waals surface area contributed by atoms with Crippen LogP contribution in [0.1, 0.15) is 13.8 Å². The molecule has 150 valence electrons. The van der Waals surface area contributed by atoms with Crippen LogP contribution in [0, 0.1) is 0 Å². The highest BCUT2D eigenvalue weighted by molar-refractivity contribution is 7.33. The number of para-hydroxylation sites is 2. The van der Waals surface area contributed by atoms with E-state index in [2.05, 4.69) is 0 Å². The van der Waals surface area contributed by atoms with Gasteiger partial charge in [-0.3, -0.25) is 14.2 Å². The molecule has 2 aromatic rings. The van der Waals surface area contributed by atoms with Crippen molar-refractivity contribution in [3.05, 3.63) is 60.7 Å². The molecule has 0 aliphatic rings. The van der Waals surface area contributed by atoms with Crippen LogP contribution in [0.15, 0.2) is 60.7 Å². The van der Waals surface area contributed by atoms with Crippen LogP contribution in [0.4, 0.5) is 0 Å². The third-order valence-electron chi connectivity index (χ3n) is 3.68. The van der Waals surface area contributed by atoms with Crippen molar-refractivity contribution in [1.82, 2.24) is 0 Å². The van der Waals surface area contributed by atoms with E-state index in [0.717, 1.165) is 0 Å². The van der Waals surface area contributed by atoms with Gasteiger partial charge in [-0.25, -0.2) is 0 Å². The van der Waals surface area contributed by atoms with E-state index in [1.807, 2.05) is 12.1 Å². The van der Waals surface area contributed by atoms with Gasteiger partial charge < -0.3 is 18.5 Å². The number of ketones is 2. The number of Topliss-reactive ketones (excluding diaryl/α,β-unsaturated/α-hetero) is 2. The molecule has 7 nitrogen and oxygen atoms in total. The molecular weight excluding hydrogens is 383 g/mol. The molecule has 0 amide bonds. The van der Waals surface area contributed by atoms with Crippen LogP contribution in [-0.2, 0) is 23.2 Å². The van der Waals surface area contributed by atoms with E-state index in [1.165, 1.54) is 0 Å². The highest BCUT2D eigenvalue weighted by Gasteiger charge is 2.19. The number of carbonyl (C=O) groups is 2. The lowest BCUT2D eigenvalue weighted by molar-refractivity contribution is -0.127. The van der Waals surface area contributed by atoms with Crippen molar-refractivity contribution in [2.45, 2.75) is 26.1 Å². The van der Waals surface area contributed by atoms with Gasteiger partial charge in [0.1, 0.15) is 24.7 Å². The average Bonchev–Trinajstić information content (AvgIpc) is 2.71. The first-order chi connectivity index (χ1) is 13.5. The maximum atomic E-state index is 12.0. The lowest BCUT2D eigenvalue weighted by atomic mass is 10.2. The van der Waals surface area contributed by atoms with Crippen LogP contribution >= 0.6 is 8.25 Å². The van der Waals surface area contributed by atoms with Crippen LogP contribution < -0.4 is 9.47 Å². The van der Waals surface area contributed by atoms with E-state index in [4.69, 9.17) is 18.5 Å². The van der Waals surface area contributed by atoms with Crippen LogP contribution in [0.2, 0.25) is 0 Å². The second-order valence-corrected chi connectivity index (χ2v) is 6.98. The quantitative estimate of drug-likeness (QED) is 0.499. The molecule has 2 atom stereocenters. The molecule has 2 rings (SSSR count). The van der Waals surface area contributed by atoms with Crippen LogP contribution in [-0.4, -0.2) is 37.0 Å². The summed E-state index contributed by atoms with van der Waals surface area (Å²) in [6, 6.07) is 17.7. The van der Waals surface area contributed by atoms with Gasteiger partial charge in [-0.05, 0) is 38.1 Å². The standard InChI is InChI=1S/C20H23O7P/c1-15(26-17-9-5-3-6-10-17)19(21)13-24-28(23)25-14-20(22)16(2)27-18-11-7-4-8-12-18/h3-12,15-16,28H,13-14H2,1-2H3/t15-,16-/m0/s1. The number of carbonyl (C=O) groups excluding carboxylic acids is 2. The SMILES string of the molecule is C[C@H](Oc1ccccc1)C(=O)CO[PH](=O)OCC(=O)[C@H](C)Oc1ccccc1. The summed E-state index contributed by atoms with van der Waals surface area (Å²) in [5.41, 5.74) is 0. The largest absolute Gasteiger partial charge is 0.483 e. The normalized spacial score (nSPS) is 13.0. The Hall–Kier alpha value is -2.47. The van der Waals surface area contributed by atoms with E-state index < -0.39 is 45.2 Å². The molecule has 0 unspecified atom stereocenters. The molecule has 0 N–H and O–H groups in total. The highest BCUT2D eigenvalue weighted by Crippen LogP contribution is 2.24. The Morgan fingerprint density at radius 1 is 0.750 bits per heavy atom. The number of ether oxygens (including phenoxy) is 2. The van der Waals surface area contributed by atoms with Gasteiger partial charge in [0.25, 0.3) is 0 Å². The smallest absolute Gasteiger partial charge is 0.319 e. The molecule has 0 spiro atoms. The Kier molecular flexibility index (Phi) is 8.88.